The molecule has 0 aliphatic rings. The zero-order valence-corrected chi connectivity index (χ0v) is 16.2. The monoisotopic (exact) mass is 352 g/mol. The topological polar surface area (TPSA) is 73.8 Å². The normalized spacial score (nSPS) is 12.2. The van der Waals surface area contributed by atoms with Gasteiger partial charge in [-0.1, -0.05) is 45.9 Å². The number of para-hydroxylation sites is 1. The zero-order chi connectivity index (χ0) is 18.9. The van der Waals surface area contributed by atoms with Crippen molar-refractivity contribution in [2.24, 2.45) is 5.41 Å². The smallest absolute Gasteiger partial charge is 0.152 e. The van der Waals surface area contributed by atoms with Crippen LogP contribution in [-0.2, 0) is 17.8 Å². The highest BCUT2D eigenvalue weighted by Crippen LogP contribution is 2.35. The molecule has 0 saturated carbocycles. The van der Waals surface area contributed by atoms with Crippen molar-refractivity contribution < 1.29 is 4.79 Å². The van der Waals surface area contributed by atoms with Crippen LogP contribution in [-0.4, -0.2) is 20.5 Å². The highest BCUT2D eigenvalue weighted by atomic mass is 16.1. The maximum Gasteiger partial charge on any atom is 0.152 e. The van der Waals surface area contributed by atoms with E-state index >= 15 is 0 Å². The summed E-state index contributed by atoms with van der Waals surface area (Å²) >= 11 is 0. The van der Waals surface area contributed by atoms with Crippen molar-refractivity contribution in [3.8, 4) is 0 Å². The molecule has 0 aliphatic carbocycles. The first-order valence-corrected chi connectivity index (χ1v) is 9.41. The van der Waals surface area contributed by atoms with Gasteiger partial charge < -0.3 is 5.73 Å². The summed E-state index contributed by atoms with van der Waals surface area (Å²) in [5, 5.41) is 6.94. The summed E-state index contributed by atoms with van der Waals surface area (Å²) in [6, 6.07) is 8.06. The molecule has 26 heavy (non-hydrogen) atoms. The number of carbonyl (C=O) groups excluding carboxylic acids is 1. The summed E-state index contributed by atoms with van der Waals surface area (Å²) in [6.07, 6.45) is 2.92. The minimum atomic E-state index is -0.134. The second-order valence-corrected chi connectivity index (χ2v) is 7.82. The third-order valence-corrected chi connectivity index (χ3v) is 4.87. The number of carbonyl (C=O) groups is 1. The fourth-order valence-electron chi connectivity index (χ4n) is 3.68. The van der Waals surface area contributed by atoms with Gasteiger partial charge in [-0.05, 0) is 24.3 Å². The third-order valence-electron chi connectivity index (χ3n) is 4.87. The Bertz CT molecular complexity index is 955. The number of nitrogens with two attached hydrogens (primary N) is 1. The van der Waals surface area contributed by atoms with E-state index in [2.05, 4.69) is 36.5 Å². The Labute approximate surface area is 154 Å². The molecule has 138 valence electrons. The summed E-state index contributed by atoms with van der Waals surface area (Å²) in [4.78, 5) is 16.6. The Kier molecular flexibility index (Phi) is 4.99. The molecule has 3 rings (SSSR count). The van der Waals surface area contributed by atoms with Crippen LogP contribution in [0.3, 0.4) is 0 Å². The number of Topliss-reactive ketones (excluding diaryl/α,β-unsaturated/α-hetero) is 1. The molecule has 0 aliphatic heterocycles. The molecule has 0 amide bonds. The Morgan fingerprint density at radius 1 is 1.23 bits per heavy atom. The van der Waals surface area contributed by atoms with Crippen molar-refractivity contribution in [3.05, 3.63) is 30.0 Å². The second kappa shape index (κ2) is 7.06. The lowest BCUT2D eigenvalue weighted by Crippen LogP contribution is -2.22. The number of nitrogens with zero attached hydrogens (tertiary/aromatic N) is 3. The van der Waals surface area contributed by atoms with Crippen LogP contribution in [0.15, 0.2) is 24.3 Å². The molecule has 2 N–H and O–H groups in total. The van der Waals surface area contributed by atoms with Gasteiger partial charge in [-0.2, -0.15) is 5.10 Å². The second-order valence-electron chi connectivity index (χ2n) is 7.82. The van der Waals surface area contributed by atoms with Crippen molar-refractivity contribution in [3.63, 3.8) is 0 Å². The van der Waals surface area contributed by atoms with E-state index in [0.29, 0.717) is 24.4 Å². The van der Waals surface area contributed by atoms with Gasteiger partial charge >= 0.3 is 0 Å². The molecule has 0 fully saturated rings. The molecule has 0 atom stereocenters. The van der Waals surface area contributed by atoms with Crippen LogP contribution in [0.5, 0.6) is 0 Å². The van der Waals surface area contributed by atoms with Gasteiger partial charge in [0.05, 0.1) is 5.52 Å². The molecule has 0 saturated heterocycles. The first-order valence-electron chi connectivity index (χ1n) is 9.41. The van der Waals surface area contributed by atoms with Gasteiger partial charge in [0.2, 0.25) is 0 Å². The SMILES string of the molecule is CCCn1nc2c(N)nc3ccccc3c2c1CC(C)(C)CC(=O)CC. The van der Waals surface area contributed by atoms with Gasteiger partial charge in [-0.25, -0.2) is 4.98 Å². The minimum Gasteiger partial charge on any atom is -0.382 e. The van der Waals surface area contributed by atoms with Crippen LogP contribution < -0.4 is 5.73 Å². The van der Waals surface area contributed by atoms with E-state index in [1.165, 1.54) is 0 Å². The maximum absolute atomic E-state index is 12.0. The first-order chi connectivity index (χ1) is 12.4. The molecule has 1 aromatic carbocycles. The van der Waals surface area contributed by atoms with Gasteiger partial charge in [0.25, 0.3) is 0 Å². The molecule has 2 heterocycles. The average Bonchev–Trinajstić information content (AvgIpc) is 2.93. The predicted octanol–water partition coefficient (Wildman–Crippen LogP) is 4.51. The van der Waals surface area contributed by atoms with E-state index in [0.717, 1.165) is 46.9 Å². The number of nitrogen functional groups attached to an aromatic ring is 1. The summed E-state index contributed by atoms with van der Waals surface area (Å²) in [5.74, 6) is 0.768. The largest absolute Gasteiger partial charge is 0.382 e. The molecule has 0 unspecified atom stereocenters. The zero-order valence-electron chi connectivity index (χ0n) is 16.2. The predicted molar refractivity (Wildman–Crippen MR) is 107 cm³/mol. The molecule has 2 aromatic heterocycles. The fourth-order valence-corrected chi connectivity index (χ4v) is 3.68. The molecule has 0 spiro atoms. The van der Waals surface area contributed by atoms with Gasteiger partial charge in [-0.15, -0.1) is 0 Å². The Balaban J connectivity index is 2.21. The fraction of sp³-hybridized carbons (Fsp3) is 0.476. The first kappa shape index (κ1) is 18.4. The Hall–Kier alpha value is -2.43. The summed E-state index contributed by atoms with van der Waals surface area (Å²) in [7, 11) is 0. The van der Waals surface area contributed by atoms with Crippen molar-refractivity contribution in [1.29, 1.82) is 0 Å². The quantitative estimate of drug-likeness (QED) is 0.679. The summed E-state index contributed by atoms with van der Waals surface area (Å²) in [6.45, 7) is 9.21. The van der Waals surface area contributed by atoms with Gasteiger partial charge in [0, 0.05) is 35.9 Å². The van der Waals surface area contributed by atoms with Crippen LogP contribution in [0, 0.1) is 5.41 Å². The Morgan fingerprint density at radius 2 is 1.96 bits per heavy atom. The number of anilines is 1. The lowest BCUT2D eigenvalue weighted by Gasteiger charge is -2.24. The third kappa shape index (κ3) is 3.43. The molecular formula is C21H28N4O. The van der Waals surface area contributed by atoms with E-state index in [-0.39, 0.29) is 5.41 Å². The van der Waals surface area contributed by atoms with E-state index in [4.69, 9.17) is 10.8 Å². The number of ketones is 1. The maximum atomic E-state index is 12.0. The minimum absolute atomic E-state index is 0.134. The summed E-state index contributed by atoms with van der Waals surface area (Å²) in [5.41, 5.74) is 8.90. The Morgan fingerprint density at radius 3 is 2.65 bits per heavy atom. The van der Waals surface area contributed by atoms with E-state index < -0.39 is 0 Å². The standard InChI is InChI=1S/C21H28N4O/c1-5-11-25-17(13-21(3,4)12-14(26)6-2)18-15-9-7-8-10-16(15)23-20(22)19(18)24-25/h7-10H,5-6,11-13H2,1-4H3,(H2,22,23). The summed E-state index contributed by atoms with van der Waals surface area (Å²) < 4.78 is 2.06. The molecule has 0 bridgehead atoms. The van der Waals surface area contributed by atoms with Crippen molar-refractivity contribution in [1.82, 2.24) is 14.8 Å². The van der Waals surface area contributed by atoms with Crippen LogP contribution in [0.2, 0.25) is 0 Å². The van der Waals surface area contributed by atoms with E-state index in [1.807, 2.05) is 25.1 Å². The van der Waals surface area contributed by atoms with Gasteiger partial charge in [0.1, 0.15) is 11.3 Å². The molecule has 3 aromatic rings. The highest BCUT2D eigenvalue weighted by Gasteiger charge is 2.27. The van der Waals surface area contributed by atoms with Gasteiger partial charge in [0.15, 0.2) is 5.82 Å². The lowest BCUT2D eigenvalue weighted by atomic mass is 9.81. The number of aryl methyl sites for hydroxylation is 1. The number of hydrogen-bond donors (Lipinski definition) is 1. The van der Waals surface area contributed by atoms with Gasteiger partial charge in [-0.3, -0.25) is 9.48 Å². The number of fused-ring (bicyclic) bond motifs is 3. The van der Waals surface area contributed by atoms with Crippen LogP contribution in [0.4, 0.5) is 5.82 Å². The van der Waals surface area contributed by atoms with E-state index in [9.17, 15) is 4.79 Å². The molecule has 5 nitrogen and oxygen atoms in total. The number of pyridine rings is 1. The number of aromatic nitrogens is 3. The average molecular weight is 352 g/mol. The lowest BCUT2D eigenvalue weighted by molar-refractivity contribution is -0.120. The number of hydrogen-bond acceptors (Lipinski definition) is 4. The van der Waals surface area contributed by atoms with E-state index in [1.54, 1.807) is 0 Å². The number of rotatable bonds is 7. The van der Waals surface area contributed by atoms with Crippen LogP contribution in [0.1, 0.15) is 52.7 Å². The number of benzene rings is 1. The van der Waals surface area contributed by atoms with Crippen molar-refractivity contribution in [2.45, 2.75) is 59.9 Å². The highest BCUT2D eigenvalue weighted by molar-refractivity contribution is 6.09. The van der Waals surface area contributed by atoms with Crippen molar-refractivity contribution >= 4 is 33.4 Å². The molecular weight excluding hydrogens is 324 g/mol. The molecule has 5 heteroatoms. The van der Waals surface area contributed by atoms with Crippen LogP contribution >= 0.6 is 0 Å². The van der Waals surface area contributed by atoms with Crippen molar-refractivity contribution in [2.75, 3.05) is 5.73 Å². The van der Waals surface area contributed by atoms with Crippen LogP contribution in [0.25, 0.3) is 21.8 Å². The molecule has 0 radical (unpaired) electrons.